The van der Waals surface area contributed by atoms with Crippen LogP contribution in [0.5, 0.6) is 5.75 Å². The van der Waals surface area contributed by atoms with Crippen molar-refractivity contribution in [2.75, 3.05) is 0 Å². The van der Waals surface area contributed by atoms with Gasteiger partial charge >= 0.3 is 0 Å². The third-order valence-corrected chi connectivity index (χ3v) is 3.89. The van der Waals surface area contributed by atoms with Crippen molar-refractivity contribution < 1.29 is 15.0 Å². The van der Waals surface area contributed by atoms with Crippen LogP contribution in [0.25, 0.3) is 20.2 Å². The van der Waals surface area contributed by atoms with Crippen LogP contribution >= 0.6 is 22.7 Å². The van der Waals surface area contributed by atoms with Crippen LogP contribution in [0.2, 0.25) is 0 Å². The molecule has 0 fully saturated rings. The van der Waals surface area contributed by atoms with Crippen molar-refractivity contribution in [3.63, 3.8) is 0 Å². The first kappa shape index (κ1) is 11.9. The predicted octanol–water partition coefficient (Wildman–Crippen LogP) is 3.91. The standard InChI is InChI=1S/C10H6OS2.C2H4O2/c11-10-6-1-3-12-8(6)5-9-7(10)2-4-13-9;1-2(3)4/h1-5,11H;1H3,(H,3,4). The molecular weight excluding hydrogens is 256 g/mol. The summed E-state index contributed by atoms with van der Waals surface area (Å²) in [4.78, 5) is 9.00. The van der Waals surface area contributed by atoms with Gasteiger partial charge in [-0.3, -0.25) is 4.79 Å². The number of phenolic OH excluding ortho intramolecular Hbond substituents is 1. The van der Waals surface area contributed by atoms with Crippen molar-refractivity contribution in [2.45, 2.75) is 6.92 Å². The topological polar surface area (TPSA) is 57.5 Å². The summed E-state index contributed by atoms with van der Waals surface area (Å²) in [6.07, 6.45) is 0. The largest absolute Gasteiger partial charge is 0.507 e. The molecule has 3 aromatic rings. The zero-order valence-corrected chi connectivity index (χ0v) is 10.6. The van der Waals surface area contributed by atoms with E-state index in [0.717, 1.165) is 27.1 Å². The van der Waals surface area contributed by atoms with Crippen LogP contribution in [0.1, 0.15) is 6.92 Å². The molecule has 2 heterocycles. The van der Waals surface area contributed by atoms with Crippen molar-refractivity contribution in [1.29, 1.82) is 0 Å². The molecule has 0 unspecified atom stereocenters. The van der Waals surface area contributed by atoms with Crippen molar-refractivity contribution in [1.82, 2.24) is 0 Å². The molecule has 0 atom stereocenters. The summed E-state index contributed by atoms with van der Waals surface area (Å²) in [6.45, 7) is 1.08. The molecule has 0 bridgehead atoms. The molecule has 0 saturated heterocycles. The lowest BCUT2D eigenvalue weighted by molar-refractivity contribution is -0.134. The van der Waals surface area contributed by atoms with E-state index in [2.05, 4.69) is 6.07 Å². The van der Waals surface area contributed by atoms with Gasteiger partial charge in [-0.05, 0) is 29.0 Å². The van der Waals surface area contributed by atoms with E-state index in [-0.39, 0.29) is 0 Å². The van der Waals surface area contributed by atoms with Crippen LogP contribution in [0, 0.1) is 0 Å². The first-order valence-electron chi connectivity index (χ1n) is 4.85. The van der Waals surface area contributed by atoms with Crippen LogP contribution in [0.15, 0.2) is 29.0 Å². The van der Waals surface area contributed by atoms with Crippen LogP contribution in [-0.2, 0) is 4.79 Å². The number of carboxylic acids is 1. The minimum atomic E-state index is -0.833. The maximum absolute atomic E-state index is 9.90. The van der Waals surface area contributed by atoms with Crippen LogP contribution in [0.4, 0.5) is 0 Å². The molecule has 0 radical (unpaired) electrons. The molecule has 0 aliphatic rings. The third kappa shape index (κ3) is 2.40. The fraction of sp³-hybridized carbons (Fsp3) is 0.0833. The van der Waals surface area contributed by atoms with E-state index in [1.54, 1.807) is 22.7 Å². The van der Waals surface area contributed by atoms with E-state index >= 15 is 0 Å². The van der Waals surface area contributed by atoms with Crippen LogP contribution < -0.4 is 0 Å². The number of hydrogen-bond acceptors (Lipinski definition) is 4. The number of hydrogen-bond donors (Lipinski definition) is 2. The summed E-state index contributed by atoms with van der Waals surface area (Å²) < 4.78 is 2.32. The summed E-state index contributed by atoms with van der Waals surface area (Å²) >= 11 is 3.33. The smallest absolute Gasteiger partial charge is 0.300 e. The highest BCUT2D eigenvalue weighted by atomic mass is 32.1. The second-order valence-electron chi connectivity index (χ2n) is 3.41. The Labute approximate surface area is 106 Å². The summed E-state index contributed by atoms with van der Waals surface area (Å²) in [5, 5.41) is 23.3. The molecular formula is C12H10O3S2. The van der Waals surface area contributed by atoms with Gasteiger partial charge < -0.3 is 10.2 Å². The summed E-state index contributed by atoms with van der Waals surface area (Å²) in [5.74, 6) is -0.407. The molecule has 0 aliphatic heterocycles. The van der Waals surface area contributed by atoms with Gasteiger partial charge in [-0.25, -0.2) is 0 Å². The average molecular weight is 266 g/mol. The molecule has 0 amide bonds. The zero-order chi connectivity index (χ0) is 12.4. The van der Waals surface area contributed by atoms with Crippen molar-refractivity contribution in [3.8, 4) is 5.75 Å². The summed E-state index contributed by atoms with van der Waals surface area (Å²) in [5.41, 5.74) is 0. The highest BCUT2D eigenvalue weighted by Crippen LogP contribution is 2.38. The Bertz CT molecular complexity index is 614. The Morgan fingerprint density at radius 2 is 1.53 bits per heavy atom. The number of benzene rings is 1. The lowest BCUT2D eigenvalue weighted by Gasteiger charge is -1.96. The highest BCUT2D eigenvalue weighted by Gasteiger charge is 2.07. The second kappa shape index (κ2) is 4.73. The monoisotopic (exact) mass is 266 g/mol. The van der Waals surface area contributed by atoms with E-state index in [0.29, 0.717) is 5.75 Å². The fourth-order valence-electron chi connectivity index (χ4n) is 1.52. The summed E-state index contributed by atoms with van der Waals surface area (Å²) in [7, 11) is 0. The van der Waals surface area contributed by atoms with Gasteiger partial charge in [0.25, 0.3) is 5.97 Å². The number of thiophene rings is 2. The minimum absolute atomic E-state index is 0.426. The summed E-state index contributed by atoms with van der Waals surface area (Å²) in [6, 6.07) is 6.07. The van der Waals surface area contributed by atoms with Gasteiger partial charge in [0, 0.05) is 27.1 Å². The van der Waals surface area contributed by atoms with Gasteiger partial charge in [-0.15, -0.1) is 22.7 Å². The van der Waals surface area contributed by atoms with Crippen LogP contribution in [0.3, 0.4) is 0 Å². The fourth-order valence-corrected chi connectivity index (χ4v) is 3.25. The first-order valence-corrected chi connectivity index (χ1v) is 6.61. The van der Waals surface area contributed by atoms with E-state index in [1.807, 2.05) is 22.9 Å². The van der Waals surface area contributed by atoms with Gasteiger partial charge in [0.15, 0.2) is 0 Å². The van der Waals surface area contributed by atoms with E-state index in [4.69, 9.17) is 9.90 Å². The number of aliphatic carboxylic acids is 1. The number of carboxylic acid groups (broad SMARTS) is 1. The Kier molecular flexibility index (Phi) is 3.31. The zero-order valence-electron chi connectivity index (χ0n) is 9.01. The molecule has 3 rings (SSSR count). The van der Waals surface area contributed by atoms with Crippen molar-refractivity contribution >= 4 is 48.8 Å². The third-order valence-electron chi connectivity index (χ3n) is 2.16. The van der Waals surface area contributed by atoms with Gasteiger partial charge in [-0.1, -0.05) is 0 Å². The Balaban J connectivity index is 0.000000239. The molecule has 5 heteroatoms. The lowest BCUT2D eigenvalue weighted by Crippen LogP contribution is -1.78. The number of fused-ring (bicyclic) bond motifs is 2. The number of aromatic hydroxyl groups is 1. The first-order chi connectivity index (χ1) is 8.09. The Morgan fingerprint density at radius 3 is 1.94 bits per heavy atom. The van der Waals surface area contributed by atoms with Crippen LogP contribution in [-0.4, -0.2) is 16.2 Å². The normalized spacial score (nSPS) is 10.2. The SMILES string of the molecule is CC(=O)O.Oc1c2ccsc2cc2sccc12. The molecule has 88 valence electrons. The molecule has 0 aliphatic carbocycles. The maximum atomic E-state index is 9.90. The second-order valence-corrected chi connectivity index (χ2v) is 5.30. The molecule has 2 N–H and O–H groups in total. The molecule has 3 nitrogen and oxygen atoms in total. The van der Waals surface area contributed by atoms with Gasteiger partial charge in [-0.2, -0.15) is 0 Å². The Hall–Kier alpha value is -1.59. The molecule has 1 aromatic carbocycles. The van der Waals surface area contributed by atoms with E-state index in [1.165, 1.54) is 0 Å². The number of phenols is 1. The van der Waals surface area contributed by atoms with Gasteiger partial charge in [0.2, 0.25) is 0 Å². The van der Waals surface area contributed by atoms with Gasteiger partial charge in [0.1, 0.15) is 5.75 Å². The number of rotatable bonds is 0. The van der Waals surface area contributed by atoms with Crippen molar-refractivity contribution in [2.24, 2.45) is 0 Å². The predicted molar refractivity (Wildman–Crippen MR) is 72.2 cm³/mol. The van der Waals surface area contributed by atoms with Gasteiger partial charge in [0.05, 0.1) is 0 Å². The van der Waals surface area contributed by atoms with E-state index < -0.39 is 5.97 Å². The number of carbonyl (C=O) groups is 1. The molecule has 2 aromatic heterocycles. The van der Waals surface area contributed by atoms with Crippen molar-refractivity contribution in [3.05, 3.63) is 29.0 Å². The Morgan fingerprint density at radius 1 is 1.12 bits per heavy atom. The molecule has 0 saturated carbocycles. The van der Waals surface area contributed by atoms with E-state index in [9.17, 15) is 5.11 Å². The highest BCUT2D eigenvalue weighted by molar-refractivity contribution is 7.19. The average Bonchev–Trinajstić information content (AvgIpc) is 2.84. The lowest BCUT2D eigenvalue weighted by atomic mass is 10.2. The maximum Gasteiger partial charge on any atom is 0.300 e. The minimum Gasteiger partial charge on any atom is -0.507 e. The quantitative estimate of drug-likeness (QED) is 0.648. The molecule has 17 heavy (non-hydrogen) atoms. The molecule has 0 spiro atoms.